The summed E-state index contributed by atoms with van der Waals surface area (Å²) in [5.41, 5.74) is 4.51. The molecule has 0 N–H and O–H groups in total. The molecule has 0 aromatic carbocycles. The summed E-state index contributed by atoms with van der Waals surface area (Å²) in [6, 6.07) is 4.27. The van der Waals surface area contributed by atoms with Gasteiger partial charge in [-0.05, 0) is 44.9 Å². The van der Waals surface area contributed by atoms with Gasteiger partial charge in [0.2, 0.25) is 0 Å². The SMILES string of the molecule is Cc1ccc(CN2CCC[C@H](c3cncc(C)n3)C2)cn1. The standard InChI is InChI=1S/C17H22N4/c1-13-5-6-15(9-19-13)11-21-7-3-4-16(12-21)17-10-18-8-14(2)20-17/h5-6,8-10,16H,3-4,7,11-12H2,1-2H3/t16-/m0/s1. The van der Waals surface area contributed by atoms with Crippen molar-refractivity contribution in [1.29, 1.82) is 0 Å². The molecule has 4 heteroatoms. The largest absolute Gasteiger partial charge is 0.298 e. The molecular formula is C17H22N4. The molecule has 0 saturated carbocycles. The van der Waals surface area contributed by atoms with Crippen LogP contribution in [0.2, 0.25) is 0 Å². The van der Waals surface area contributed by atoms with Gasteiger partial charge in [-0.25, -0.2) is 0 Å². The second-order valence-corrected chi connectivity index (χ2v) is 5.97. The lowest BCUT2D eigenvalue weighted by molar-refractivity contribution is 0.198. The van der Waals surface area contributed by atoms with Crippen LogP contribution in [-0.4, -0.2) is 32.9 Å². The lowest BCUT2D eigenvalue weighted by atomic mass is 9.94. The van der Waals surface area contributed by atoms with Crippen LogP contribution < -0.4 is 0 Å². The highest BCUT2D eigenvalue weighted by Gasteiger charge is 2.22. The average Bonchev–Trinajstić information content (AvgIpc) is 2.50. The van der Waals surface area contributed by atoms with Crippen LogP contribution >= 0.6 is 0 Å². The lowest BCUT2D eigenvalue weighted by Gasteiger charge is -2.32. The molecule has 1 saturated heterocycles. The van der Waals surface area contributed by atoms with Gasteiger partial charge in [-0.3, -0.25) is 19.9 Å². The van der Waals surface area contributed by atoms with Crippen LogP contribution in [0.5, 0.6) is 0 Å². The highest BCUT2D eigenvalue weighted by atomic mass is 15.1. The van der Waals surface area contributed by atoms with E-state index in [-0.39, 0.29) is 0 Å². The highest BCUT2D eigenvalue weighted by molar-refractivity contribution is 5.14. The highest BCUT2D eigenvalue weighted by Crippen LogP contribution is 2.26. The molecular weight excluding hydrogens is 260 g/mol. The van der Waals surface area contributed by atoms with E-state index in [0.29, 0.717) is 5.92 Å². The lowest BCUT2D eigenvalue weighted by Crippen LogP contribution is -2.34. The van der Waals surface area contributed by atoms with E-state index < -0.39 is 0 Å². The summed E-state index contributed by atoms with van der Waals surface area (Å²) >= 11 is 0. The summed E-state index contributed by atoms with van der Waals surface area (Å²) in [5.74, 6) is 0.504. The quantitative estimate of drug-likeness (QED) is 0.868. The van der Waals surface area contributed by atoms with Crippen LogP contribution in [0.15, 0.2) is 30.7 Å². The van der Waals surface area contributed by atoms with Gasteiger partial charge < -0.3 is 0 Å². The minimum absolute atomic E-state index is 0.504. The van der Waals surface area contributed by atoms with E-state index in [4.69, 9.17) is 0 Å². The zero-order valence-electron chi connectivity index (χ0n) is 12.8. The van der Waals surface area contributed by atoms with Crippen molar-refractivity contribution in [2.75, 3.05) is 13.1 Å². The molecule has 4 nitrogen and oxygen atoms in total. The third-order valence-electron chi connectivity index (χ3n) is 4.08. The first-order chi connectivity index (χ1) is 10.2. The summed E-state index contributed by atoms with van der Waals surface area (Å²) in [6.45, 7) is 7.23. The summed E-state index contributed by atoms with van der Waals surface area (Å²) in [4.78, 5) is 15.8. The first-order valence-corrected chi connectivity index (χ1v) is 7.63. The number of piperidine rings is 1. The van der Waals surface area contributed by atoms with Gasteiger partial charge in [-0.2, -0.15) is 0 Å². The molecule has 3 heterocycles. The zero-order chi connectivity index (χ0) is 14.7. The fourth-order valence-electron chi connectivity index (χ4n) is 2.97. The van der Waals surface area contributed by atoms with Crippen molar-refractivity contribution in [3.05, 3.63) is 53.4 Å². The Morgan fingerprint density at radius 3 is 2.81 bits per heavy atom. The van der Waals surface area contributed by atoms with E-state index >= 15 is 0 Å². The maximum atomic E-state index is 4.65. The van der Waals surface area contributed by atoms with E-state index in [0.717, 1.165) is 36.7 Å². The molecule has 1 aliphatic heterocycles. The van der Waals surface area contributed by atoms with Crippen LogP contribution in [0.4, 0.5) is 0 Å². The topological polar surface area (TPSA) is 41.9 Å². The zero-order valence-corrected chi connectivity index (χ0v) is 12.8. The average molecular weight is 282 g/mol. The van der Waals surface area contributed by atoms with E-state index in [1.54, 1.807) is 0 Å². The second kappa shape index (κ2) is 6.31. The number of rotatable bonds is 3. The summed E-state index contributed by atoms with van der Waals surface area (Å²) in [7, 11) is 0. The van der Waals surface area contributed by atoms with Crippen LogP contribution in [0.25, 0.3) is 0 Å². The summed E-state index contributed by atoms with van der Waals surface area (Å²) < 4.78 is 0. The van der Waals surface area contributed by atoms with Crippen molar-refractivity contribution in [2.24, 2.45) is 0 Å². The summed E-state index contributed by atoms with van der Waals surface area (Å²) in [5, 5.41) is 0. The van der Waals surface area contributed by atoms with Gasteiger partial charge in [0.05, 0.1) is 11.4 Å². The number of likely N-dealkylation sites (tertiary alicyclic amines) is 1. The molecule has 0 aliphatic carbocycles. The van der Waals surface area contributed by atoms with Gasteiger partial charge in [0.25, 0.3) is 0 Å². The Balaban J connectivity index is 1.67. The van der Waals surface area contributed by atoms with Gasteiger partial charge in [-0.15, -0.1) is 0 Å². The summed E-state index contributed by atoms with van der Waals surface area (Å²) in [6.07, 6.45) is 8.17. The molecule has 3 rings (SSSR count). The van der Waals surface area contributed by atoms with Gasteiger partial charge in [0.1, 0.15) is 0 Å². The maximum absolute atomic E-state index is 4.65. The number of hydrogen-bond donors (Lipinski definition) is 0. The van der Waals surface area contributed by atoms with E-state index in [2.05, 4.69) is 32.0 Å². The van der Waals surface area contributed by atoms with Crippen molar-refractivity contribution in [3.8, 4) is 0 Å². The van der Waals surface area contributed by atoms with Crippen LogP contribution in [0, 0.1) is 13.8 Å². The Bertz CT molecular complexity index is 594. The minimum Gasteiger partial charge on any atom is -0.298 e. The monoisotopic (exact) mass is 282 g/mol. The Morgan fingerprint density at radius 1 is 1.14 bits per heavy atom. The number of pyridine rings is 1. The van der Waals surface area contributed by atoms with Crippen LogP contribution in [-0.2, 0) is 6.54 Å². The molecule has 1 aliphatic rings. The van der Waals surface area contributed by atoms with Crippen molar-refractivity contribution in [3.63, 3.8) is 0 Å². The number of hydrogen-bond acceptors (Lipinski definition) is 4. The van der Waals surface area contributed by atoms with Crippen molar-refractivity contribution in [2.45, 2.75) is 39.2 Å². The van der Waals surface area contributed by atoms with E-state index in [1.807, 2.05) is 32.4 Å². The normalized spacial score (nSPS) is 19.6. The Kier molecular flexibility index (Phi) is 4.25. The number of aryl methyl sites for hydroxylation is 2. The van der Waals surface area contributed by atoms with Crippen molar-refractivity contribution in [1.82, 2.24) is 19.9 Å². The Morgan fingerprint density at radius 2 is 2.05 bits per heavy atom. The van der Waals surface area contributed by atoms with Crippen LogP contribution in [0.3, 0.4) is 0 Å². The smallest absolute Gasteiger partial charge is 0.0633 e. The van der Waals surface area contributed by atoms with Gasteiger partial charge in [-0.1, -0.05) is 6.07 Å². The predicted octanol–water partition coefficient (Wildman–Crippen LogP) is 2.87. The molecule has 0 bridgehead atoms. The van der Waals surface area contributed by atoms with Gasteiger partial charge in [0.15, 0.2) is 0 Å². The maximum Gasteiger partial charge on any atom is 0.0633 e. The Labute approximate surface area is 126 Å². The van der Waals surface area contributed by atoms with Gasteiger partial charge >= 0.3 is 0 Å². The molecule has 21 heavy (non-hydrogen) atoms. The third kappa shape index (κ3) is 3.64. The van der Waals surface area contributed by atoms with E-state index in [9.17, 15) is 0 Å². The molecule has 2 aromatic heterocycles. The predicted molar refractivity (Wildman–Crippen MR) is 83.0 cm³/mol. The second-order valence-electron chi connectivity index (χ2n) is 5.97. The number of nitrogens with zero attached hydrogens (tertiary/aromatic N) is 4. The van der Waals surface area contributed by atoms with Crippen molar-refractivity contribution < 1.29 is 0 Å². The van der Waals surface area contributed by atoms with Crippen LogP contribution in [0.1, 0.15) is 41.4 Å². The molecule has 1 atom stereocenters. The fraction of sp³-hybridized carbons (Fsp3) is 0.471. The molecule has 2 aromatic rings. The van der Waals surface area contributed by atoms with E-state index in [1.165, 1.54) is 18.4 Å². The molecule has 1 fully saturated rings. The first-order valence-electron chi connectivity index (χ1n) is 7.63. The Hall–Kier alpha value is -1.81. The molecule has 0 radical (unpaired) electrons. The minimum atomic E-state index is 0.504. The first kappa shape index (κ1) is 14.1. The van der Waals surface area contributed by atoms with Crippen molar-refractivity contribution >= 4 is 0 Å². The molecule has 110 valence electrons. The van der Waals surface area contributed by atoms with Gasteiger partial charge in [0, 0.05) is 43.3 Å². The number of aromatic nitrogens is 3. The third-order valence-corrected chi connectivity index (χ3v) is 4.08. The molecule has 0 unspecified atom stereocenters. The fourth-order valence-corrected chi connectivity index (χ4v) is 2.97. The molecule has 0 amide bonds. The molecule has 0 spiro atoms.